The van der Waals surface area contributed by atoms with Crippen LogP contribution in [-0.4, -0.2) is 17.0 Å². The second-order valence-electron chi connectivity index (χ2n) is 4.42. The van der Waals surface area contributed by atoms with Crippen LogP contribution in [0.15, 0.2) is 16.6 Å². The molecule has 0 radical (unpaired) electrons. The standard InChI is InChI=1S/C13H14BrN3O2S/c1-2-3-11-16-17-13(20-11)15-6-8-4-9(14)12-10(5-8)18-7-19-12/h4-5H,2-3,6-7H2,1H3,(H,15,17). The molecule has 2 aromatic rings. The maximum Gasteiger partial charge on any atom is 0.231 e. The van der Waals surface area contributed by atoms with Crippen LogP contribution in [0.1, 0.15) is 23.9 Å². The van der Waals surface area contributed by atoms with Gasteiger partial charge in [0.25, 0.3) is 0 Å². The SMILES string of the molecule is CCCc1nnc(NCc2cc(Br)c3c(c2)OCO3)s1. The van der Waals surface area contributed by atoms with Gasteiger partial charge in [-0.1, -0.05) is 18.3 Å². The smallest absolute Gasteiger partial charge is 0.231 e. The molecule has 0 spiro atoms. The Labute approximate surface area is 129 Å². The molecule has 1 aliphatic heterocycles. The van der Waals surface area contributed by atoms with Crippen molar-refractivity contribution in [3.8, 4) is 11.5 Å². The lowest BCUT2D eigenvalue weighted by atomic mass is 10.2. The zero-order valence-electron chi connectivity index (χ0n) is 11.0. The van der Waals surface area contributed by atoms with Gasteiger partial charge in [0.05, 0.1) is 4.47 Å². The summed E-state index contributed by atoms with van der Waals surface area (Å²) in [4.78, 5) is 0. The second kappa shape index (κ2) is 5.97. The minimum absolute atomic E-state index is 0.279. The minimum Gasteiger partial charge on any atom is -0.454 e. The van der Waals surface area contributed by atoms with Gasteiger partial charge in [-0.2, -0.15) is 0 Å². The number of fused-ring (bicyclic) bond motifs is 1. The van der Waals surface area contributed by atoms with Crippen molar-refractivity contribution in [3.63, 3.8) is 0 Å². The van der Waals surface area contributed by atoms with Crippen LogP contribution in [0.4, 0.5) is 5.13 Å². The highest BCUT2D eigenvalue weighted by Crippen LogP contribution is 2.40. The molecule has 1 aromatic carbocycles. The Morgan fingerprint density at radius 2 is 2.25 bits per heavy atom. The highest BCUT2D eigenvalue weighted by Gasteiger charge is 2.17. The molecule has 2 heterocycles. The Balaban J connectivity index is 1.67. The lowest BCUT2D eigenvalue weighted by molar-refractivity contribution is 0.173. The number of anilines is 1. The van der Waals surface area contributed by atoms with Crippen molar-refractivity contribution in [2.24, 2.45) is 0 Å². The lowest BCUT2D eigenvalue weighted by Crippen LogP contribution is -1.99. The first-order valence-corrected chi connectivity index (χ1v) is 8.01. The number of nitrogens with zero attached hydrogens (tertiary/aromatic N) is 2. The fourth-order valence-electron chi connectivity index (χ4n) is 1.94. The summed E-state index contributed by atoms with van der Waals surface area (Å²) in [5, 5.41) is 13.5. The topological polar surface area (TPSA) is 56.3 Å². The van der Waals surface area contributed by atoms with E-state index in [9.17, 15) is 0 Å². The van der Waals surface area contributed by atoms with Crippen LogP contribution in [0.2, 0.25) is 0 Å². The van der Waals surface area contributed by atoms with E-state index in [1.807, 2.05) is 12.1 Å². The molecular formula is C13H14BrN3O2S. The number of nitrogens with one attached hydrogen (secondary N) is 1. The second-order valence-corrected chi connectivity index (χ2v) is 6.33. The average Bonchev–Trinajstić information content (AvgIpc) is 3.06. The van der Waals surface area contributed by atoms with Crippen LogP contribution in [-0.2, 0) is 13.0 Å². The zero-order chi connectivity index (χ0) is 13.9. The first-order valence-electron chi connectivity index (χ1n) is 6.40. The Morgan fingerprint density at radius 3 is 3.10 bits per heavy atom. The van der Waals surface area contributed by atoms with Gasteiger partial charge in [0, 0.05) is 13.0 Å². The number of aryl methyl sites for hydroxylation is 1. The van der Waals surface area contributed by atoms with Crippen molar-refractivity contribution in [3.05, 3.63) is 27.2 Å². The van der Waals surface area contributed by atoms with Crippen molar-refractivity contribution in [1.29, 1.82) is 0 Å². The van der Waals surface area contributed by atoms with E-state index < -0.39 is 0 Å². The third-order valence-electron chi connectivity index (χ3n) is 2.86. The van der Waals surface area contributed by atoms with Crippen LogP contribution < -0.4 is 14.8 Å². The van der Waals surface area contributed by atoms with E-state index in [0.29, 0.717) is 6.54 Å². The largest absolute Gasteiger partial charge is 0.454 e. The maximum atomic E-state index is 5.40. The summed E-state index contributed by atoms with van der Waals surface area (Å²) in [5.74, 6) is 1.55. The van der Waals surface area contributed by atoms with Crippen molar-refractivity contribution in [2.75, 3.05) is 12.1 Å². The Kier molecular flexibility index (Phi) is 4.07. The van der Waals surface area contributed by atoms with Crippen molar-refractivity contribution in [2.45, 2.75) is 26.3 Å². The molecule has 0 atom stereocenters. The summed E-state index contributed by atoms with van der Waals surface area (Å²) in [6.07, 6.45) is 2.07. The molecular weight excluding hydrogens is 342 g/mol. The summed E-state index contributed by atoms with van der Waals surface area (Å²) < 4.78 is 11.7. The number of hydrogen-bond acceptors (Lipinski definition) is 6. The zero-order valence-corrected chi connectivity index (χ0v) is 13.4. The number of hydrogen-bond donors (Lipinski definition) is 1. The van der Waals surface area contributed by atoms with Gasteiger partial charge >= 0.3 is 0 Å². The number of aromatic nitrogens is 2. The van der Waals surface area contributed by atoms with Crippen LogP contribution in [0.5, 0.6) is 11.5 Å². The lowest BCUT2D eigenvalue weighted by Gasteiger charge is -2.05. The molecule has 1 aromatic heterocycles. The number of halogens is 1. The van der Waals surface area contributed by atoms with Gasteiger partial charge in [0.15, 0.2) is 11.5 Å². The molecule has 106 valence electrons. The molecule has 0 saturated heterocycles. The van der Waals surface area contributed by atoms with Gasteiger partial charge in [0.2, 0.25) is 11.9 Å². The minimum atomic E-state index is 0.279. The summed E-state index contributed by atoms with van der Waals surface area (Å²) >= 11 is 5.10. The molecule has 20 heavy (non-hydrogen) atoms. The van der Waals surface area contributed by atoms with Crippen molar-refractivity contribution in [1.82, 2.24) is 10.2 Å². The van der Waals surface area contributed by atoms with E-state index in [-0.39, 0.29) is 6.79 Å². The van der Waals surface area contributed by atoms with Crippen molar-refractivity contribution >= 4 is 32.4 Å². The molecule has 0 aliphatic carbocycles. The molecule has 7 heteroatoms. The average molecular weight is 356 g/mol. The highest BCUT2D eigenvalue weighted by molar-refractivity contribution is 9.10. The molecule has 0 saturated carbocycles. The predicted molar refractivity (Wildman–Crippen MR) is 81.5 cm³/mol. The van der Waals surface area contributed by atoms with Gasteiger partial charge in [0.1, 0.15) is 5.01 Å². The number of rotatable bonds is 5. The molecule has 1 N–H and O–H groups in total. The van der Waals surface area contributed by atoms with Gasteiger partial charge < -0.3 is 14.8 Å². The van der Waals surface area contributed by atoms with Crippen molar-refractivity contribution < 1.29 is 9.47 Å². The van der Waals surface area contributed by atoms with E-state index in [4.69, 9.17) is 9.47 Å². The van der Waals surface area contributed by atoms with Gasteiger partial charge in [-0.25, -0.2) is 0 Å². The van der Waals surface area contributed by atoms with Gasteiger partial charge in [-0.3, -0.25) is 0 Å². The summed E-state index contributed by atoms with van der Waals surface area (Å²) in [6, 6.07) is 4.00. The van der Waals surface area contributed by atoms with Crippen LogP contribution in [0, 0.1) is 0 Å². The third kappa shape index (κ3) is 2.88. The maximum absolute atomic E-state index is 5.40. The van der Waals surface area contributed by atoms with Crippen LogP contribution in [0.3, 0.4) is 0 Å². The van der Waals surface area contributed by atoms with Gasteiger partial charge in [-0.15, -0.1) is 10.2 Å². The monoisotopic (exact) mass is 355 g/mol. The molecule has 0 bridgehead atoms. The normalized spacial score (nSPS) is 12.7. The predicted octanol–water partition coefficient (Wildman–Crippen LogP) is 3.59. The van der Waals surface area contributed by atoms with E-state index >= 15 is 0 Å². The van der Waals surface area contributed by atoms with E-state index in [1.165, 1.54) is 0 Å². The summed E-state index contributed by atoms with van der Waals surface area (Å²) in [6.45, 7) is 3.09. The molecule has 0 unspecified atom stereocenters. The fourth-order valence-corrected chi connectivity index (χ4v) is 3.38. The summed E-state index contributed by atoms with van der Waals surface area (Å²) in [5.41, 5.74) is 1.10. The van der Waals surface area contributed by atoms with Crippen LogP contribution in [0.25, 0.3) is 0 Å². The van der Waals surface area contributed by atoms with E-state index in [0.717, 1.165) is 44.5 Å². The van der Waals surface area contributed by atoms with E-state index in [1.54, 1.807) is 11.3 Å². The molecule has 3 rings (SSSR count). The molecule has 0 amide bonds. The fraction of sp³-hybridized carbons (Fsp3) is 0.385. The molecule has 5 nitrogen and oxygen atoms in total. The Morgan fingerprint density at radius 1 is 1.35 bits per heavy atom. The third-order valence-corrected chi connectivity index (χ3v) is 4.39. The first kappa shape index (κ1) is 13.6. The van der Waals surface area contributed by atoms with Crippen LogP contribution >= 0.6 is 27.3 Å². The van der Waals surface area contributed by atoms with E-state index in [2.05, 4.69) is 38.4 Å². The van der Waals surface area contributed by atoms with Gasteiger partial charge in [-0.05, 0) is 40.0 Å². The number of ether oxygens (including phenoxy) is 2. The highest BCUT2D eigenvalue weighted by atomic mass is 79.9. The Hall–Kier alpha value is -1.34. The molecule has 0 fully saturated rings. The number of benzene rings is 1. The first-order chi connectivity index (χ1) is 9.76. The summed E-state index contributed by atoms with van der Waals surface area (Å²) in [7, 11) is 0. The Bertz CT molecular complexity index is 618. The molecule has 1 aliphatic rings. The quantitative estimate of drug-likeness (QED) is 0.887.